The van der Waals surface area contributed by atoms with Gasteiger partial charge in [-0.2, -0.15) is 0 Å². The van der Waals surface area contributed by atoms with Gasteiger partial charge in [-0.15, -0.1) is 0 Å². The van der Waals surface area contributed by atoms with Gasteiger partial charge in [0.05, 0.1) is 0 Å². The van der Waals surface area contributed by atoms with Gasteiger partial charge in [-0.1, -0.05) is 0 Å². The van der Waals surface area contributed by atoms with Gasteiger partial charge in [-0.25, -0.2) is 0 Å². The van der Waals surface area contributed by atoms with Crippen LogP contribution >= 0.6 is 7.13 Å². The van der Waals surface area contributed by atoms with Gasteiger partial charge in [0.1, 0.15) is 0 Å². The normalized spacial score (nSPS) is 14.8. The molecule has 0 aromatic rings. The van der Waals surface area contributed by atoms with Gasteiger partial charge in [0.25, 0.3) is 0 Å². The molecule has 0 bridgehead atoms. The summed E-state index contributed by atoms with van der Waals surface area (Å²) >= 11 is 0. The Balaban J connectivity index is 6.06. The molecule has 0 fully saturated rings. The summed E-state index contributed by atoms with van der Waals surface area (Å²) in [6.07, 6.45) is 4.23. The third-order valence-electron chi connectivity index (χ3n) is 4.95. The fraction of sp³-hybridized carbons (Fsp3) is 1.00. The second kappa shape index (κ2) is 11.2. The zero-order valence-electron chi connectivity index (χ0n) is 17.5. The minimum atomic E-state index is -4.06. The van der Waals surface area contributed by atoms with Crippen molar-refractivity contribution >= 4 is 17.5 Å². The van der Waals surface area contributed by atoms with E-state index in [4.69, 9.17) is 8.15 Å². The predicted molar refractivity (Wildman–Crippen MR) is 109 cm³/mol. The van der Waals surface area contributed by atoms with Gasteiger partial charge < -0.3 is 0 Å². The number of hydrogen-bond donors (Lipinski definition) is 0. The van der Waals surface area contributed by atoms with Crippen molar-refractivity contribution < 1.29 is 16.6 Å². The van der Waals surface area contributed by atoms with Gasteiger partial charge >= 0.3 is 156 Å². The van der Waals surface area contributed by atoms with Crippen LogP contribution in [-0.2, 0) is 18.6 Å². The topological polar surface area (TPSA) is 59.1 Å². The Kier molecular flexibility index (Phi) is 11.2. The Morgan fingerprint density at radius 3 is 1.60 bits per heavy atom. The van der Waals surface area contributed by atoms with E-state index in [-0.39, 0.29) is 6.61 Å². The van der Waals surface area contributed by atoms with Gasteiger partial charge in [-0.05, 0) is 0 Å². The van der Waals surface area contributed by atoms with Crippen LogP contribution in [0.2, 0.25) is 0 Å². The SMILES string of the molecule is CCCCOS(=O)(=O)OP(C)(CCCC)(N(CC)CC)N(CC)CC. The number of rotatable bonds is 15. The molecule has 0 saturated carbocycles. The first-order valence-electron chi connectivity index (χ1n) is 9.81. The molecule has 0 spiro atoms. The van der Waals surface area contributed by atoms with Crippen molar-refractivity contribution in [1.29, 1.82) is 0 Å². The summed E-state index contributed by atoms with van der Waals surface area (Å²) < 4.78 is 41.1. The number of unbranched alkanes of at least 4 members (excludes halogenated alkanes) is 2. The molecule has 0 heterocycles. The van der Waals surface area contributed by atoms with Crippen molar-refractivity contribution in [2.75, 3.05) is 45.6 Å². The Bertz CT molecular complexity index is 453. The predicted octanol–water partition coefficient (Wildman–Crippen LogP) is 4.48. The van der Waals surface area contributed by atoms with Crippen LogP contribution in [0.4, 0.5) is 0 Å². The molecule has 0 atom stereocenters. The molecule has 0 aromatic carbocycles. The second-order valence-electron chi connectivity index (χ2n) is 6.58. The van der Waals surface area contributed by atoms with Crippen LogP contribution in [0, 0.1) is 0 Å². The van der Waals surface area contributed by atoms with Crippen molar-refractivity contribution in [3.05, 3.63) is 0 Å². The summed E-state index contributed by atoms with van der Waals surface area (Å²) in [7, 11) is -7.38. The first kappa shape index (κ1) is 25.2. The zero-order valence-corrected chi connectivity index (χ0v) is 19.2. The van der Waals surface area contributed by atoms with Crippen LogP contribution in [-0.4, -0.2) is 63.4 Å². The molecular weight excluding hydrogens is 359 g/mol. The van der Waals surface area contributed by atoms with E-state index in [1.165, 1.54) is 0 Å². The average Bonchev–Trinajstić information content (AvgIpc) is 2.54. The minimum absolute atomic E-state index is 0.176. The van der Waals surface area contributed by atoms with E-state index in [0.717, 1.165) is 51.6 Å². The van der Waals surface area contributed by atoms with E-state index < -0.39 is 17.5 Å². The molecule has 0 N–H and O–H groups in total. The number of hydrogen-bond acceptors (Lipinski definition) is 6. The van der Waals surface area contributed by atoms with Gasteiger partial charge in [0, 0.05) is 0 Å². The van der Waals surface area contributed by atoms with Crippen molar-refractivity contribution in [2.24, 2.45) is 0 Å². The standard InChI is InChI=1S/C17H41N2O4PS/c1-8-14-16-22-25(20,21)23-24(7,17-15-9-2,18(10-3)11-4)19(12-5)13-6/h8-17H2,1-7H3. The molecule has 0 unspecified atom stereocenters. The molecule has 0 aliphatic heterocycles. The first-order valence-corrected chi connectivity index (χ1v) is 13.8. The van der Waals surface area contributed by atoms with Crippen molar-refractivity contribution in [2.45, 2.75) is 67.2 Å². The molecule has 0 rings (SSSR count). The van der Waals surface area contributed by atoms with Crippen LogP contribution < -0.4 is 0 Å². The summed E-state index contributed by atoms with van der Waals surface area (Å²) in [5, 5.41) is 0. The van der Waals surface area contributed by atoms with E-state index in [9.17, 15) is 8.42 Å². The van der Waals surface area contributed by atoms with Crippen LogP contribution in [0.15, 0.2) is 0 Å². The summed E-state index contributed by atoms with van der Waals surface area (Å²) in [6, 6.07) is 0. The molecule has 0 amide bonds. The van der Waals surface area contributed by atoms with Crippen LogP contribution in [0.1, 0.15) is 67.2 Å². The van der Waals surface area contributed by atoms with E-state index >= 15 is 0 Å². The molecule has 0 aromatic heterocycles. The summed E-state index contributed by atoms with van der Waals surface area (Å²) in [4.78, 5) is 0. The molecule has 154 valence electrons. The Morgan fingerprint density at radius 1 is 0.800 bits per heavy atom. The van der Waals surface area contributed by atoms with Gasteiger partial charge in [0.2, 0.25) is 0 Å². The fourth-order valence-corrected chi connectivity index (χ4v) is 11.9. The quantitative estimate of drug-likeness (QED) is 0.298. The van der Waals surface area contributed by atoms with Crippen molar-refractivity contribution in [3.8, 4) is 0 Å². The second-order valence-corrected chi connectivity index (χ2v) is 12.9. The first-order chi connectivity index (χ1) is 11.7. The Labute approximate surface area is 156 Å². The summed E-state index contributed by atoms with van der Waals surface area (Å²) in [5.41, 5.74) is 0. The van der Waals surface area contributed by atoms with E-state index in [0.29, 0.717) is 6.42 Å². The van der Waals surface area contributed by atoms with Gasteiger partial charge in [-0.3, -0.25) is 0 Å². The molecule has 25 heavy (non-hydrogen) atoms. The molecular formula is C17H41N2O4PS. The maximum absolute atomic E-state index is 12.7. The average molecular weight is 401 g/mol. The molecule has 0 radical (unpaired) electrons. The van der Waals surface area contributed by atoms with Crippen molar-refractivity contribution in [3.63, 3.8) is 0 Å². The van der Waals surface area contributed by atoms with Crippen LogP contribution in [0.5, 0.6) is 0 Å². The fourth-order valence-electron chi connectivity index (χ4n) is 3.58. The molecule has 8 heteroatoms. The number of nitrogens with zero attached hydrogens (tertiary/aromatic N) is 2. The van der Waals surface area contributed by atoms with E-state index in [1.54, 1.807) is 0 Å². The zero-order chi connectivity index (χ0) is 19.6. The Hall–Kier alpha value is 0.220. The maximum atomic E-state index is 12.7. The summed E-state index contributed by atoms with van der Waals surface area (Å²) in [5.74, 6) is 0. The molecule has 0 saturated heterocycles. The van der Waals surface area contributed by atoms with Crippen LogP contribution in [0.3, 0.4) is 0 Å². The molecule has 0 aliphatic rings. The van der Waals surface area contributed by atoms with Crippen LogP contribution in [0.25, 0.3) is 0 Å². The summed E-state index contributed by atoms with van der Waals surface area (Å²) in [6.45, 7) is 17.6. The third-order valence-corrected chi connectivity index (χ3v) is 13.1. The Morgan fingerprint density at radius 2 is 1.24 bits per heavy atom. The van der Waals surface area contributed by atoms with E-state index in [2.05, 4.69) is 44.0 Å². The third kappa shape index (κ3) is 6.40. The van der Waals surface area contributed by atoms with E-state index in [1.807, 2.05) is 13.6 Å². The monoisotopic (exact) mass is 400 g/mol. The molecule has 6 nitrogen and oxygen atoms in total. The van der Waals surface area contributed by atoms with Crippen molar-refractivity contribution in [1.82, 2.24) is 9.34 Å². The molecule has 0 aliphatic carbocycles. The van der Waals surface area contributed by atoms with Gasteiger partial charge in [0.15, 0.2) is 0 Å².